The molecule has 0 bridgehead atoms. The first-order valence-corrected chi connectivity index (χ1v) is 9.59. The van der Waals surface area contributed by atoms with Gasteiger partial charge in [-0.05, 0) is 35.9 Å². The molecule has 0 unspecified atom stereocenters. The number of carbonyl (C=O) groups is 2. The van der Waals surface area contributed by atoms with Gasteiger partial charge in [0.2, 0.25) is 0 Å². The highest BCUT2D eigenvalue weighted by Gasteiger charge is 2.13. The lowest BCUT2D eigenvalue weighted by Gasteiger charge is -2.10. The normalized spacial score (nSPS) is 10.7. The van der Waals surface area contributed by atoms with Crippen LogP contribution in [0.25, 0.3) is 6.08 Å². The number of nitro groups is 1. The Bertz CT molecular complexity index is 1290. The van der Waals surface area contributed by atoms with Gasteiger partial charge < -0.3 is 15.2 Å². The number of para-hydroxylation sites is 1. The van der Waals surface area contributed by atoms with Crippen molar-refractivity contribution in [3.63, 3.8) is 0 Å². The number of non-ortho nitro benzene ring substituents is 1. The summed E-state index contributed by atoms with van der Waals surface area (Å²) in [6.07, 6.45) is 1.35. The van der Waals surface area contributed by atoms with Crippen molar-refractivity contribution in [3.05, 3.63) is 105 Å². The van der Waals surface area contributed by atoms with E-state index in [-0.39, 0.29) is 29.1 Å². The van der Waals surface area contributed by atoms with E-state index >= 15 is 0 Å². The summed E-state index contributed by atoms with van der Waals surface area (Å²) >= 11 is 0. The van der Waals surface area contributed by atoms with Crippen molar-refractivity contribution in [1.82, 2.24) is 0 Å². The number of ether oxygens (including phenoxy) is 1. The van der Waals surface area contributed by atoms with E-state index in [0.717, 1.165) is 0 Å². The Labute approximate surface area is 188 Å². The molecule has 0 aliphatic heterocycles. The maximum absolute atomic E-state index is 12.6. The lowest BCUT2D eigenvalue weighted by atomic mass is 10.1. The van der Waals surface area contributed by atoms with Crippen molar-refractivity contribution in [2.75, 3.05) is 5.32 Å². The van der Waals surface area contributed by atoms with Gasteiger partial charge in [0.25, 0.3) is 11.6 Å². The van der Waals surface area contributed by atoms with E-state index in [1.807, 2.05) is 6.07 Å². The summed E-state index contributed by atoms with van der Waals surface area (Å²) in [6, 6.07) is 20.2. The van der Waals surface area contributed by atoms with Crippen LogP contribution in [0.5, 0.6) is 5.75 Å². The van der Waals surface area contributed by atoms with Crippen LogP contribution in [0.15, 0.2) is 78.4 Å². The number of anilines is 1. The number of rotatable bonds is 8. The number of aromatic carboxylic acids is 1. The Morgan fingerprint density at radius 2 is 1.85 bits per heavy atom. The van der Waals surface area contributed by atoms with E-state index in [4.69, 9.17) is 9.84 Å². The molecule has 0 saturated heterocycles. The number of nitriles is 1. The summed E-state index contributed by atoms with van der Waals surface area (Å²) in [4.78, 5) is 34.1. The molecule has 33 heavy (non-hydrogen) atoms. The van der Waals surface area contributed by atoms with E-state index in [2.05, 4.69) is 5.32 Å². The third kappa shape index (κ3) is 6.02. The van der Waals surface area contributed by atoms with Gasteiger partial charge in [0.1, 0.15) is 24.0 Å². The molecular weight excluding hydrogens is 426 g/mol. The van der Waals surface area contributed by atoms with E-state index in [1.54, 1.807) is 36.4 Å². The first-order chi connectivity index (χ1) is 15.9. The van der Waals surface area contributed by atoms with Crippen LogP contribution in [0.4, 0.5) is 11.4 Å². The Morgan fingerprint density at radius 3 is 2.58 bits per heavy atom. The Balaban J connectivity index is 1.79. The number of carbonyl (C=O) groups excluding carboxylic acids is 1. The first kappa shape index (κ1) is 22.7. The van der Waals surface area contributed by atoms with Gasteiger partial charge in [0.15, 0.2) is 0 Å². The average molecular weight is 443 g/mol. The maximum Gasteiger partial charge on any atom is 0.335 e. The molecule has 9 nitrogen and oxygen atoms in total. The van der Waals surface area contributed by atoms with Crippen LogP contribution in [0.3, 0.4) is 0 Å². The molecule has 0 atom stereocenters. The molecule has 164 valence electrons. The zero-order valence-electron chi connectivity index (χ0n) is 17.1. The Morgan fingerprint density at radius 1 is 1.09 bits per heavy atom. The minimum Gasteiger partial charge on any atom is -0.488 e. The second kappa shape index (κ2) is 10.4. The van der Waals surface area contributed by atoms with Crippen molar-refractivity contribution in [2.24, 2.45) is 0 Å². The van der Waals surface area contributed by atoms with Crippen LogP contribution in [-0.2, 0) is 11.4 Å². The topological polar surface area (TPSA) is 143 Å². The van der Waals surface area contributed by atoms with Gasteiger partial charge in [-0.25, -0.2) is 4.79 Å². The average Bonchev–Trinajstić information content (AvgIpc) is 2.82. The van der Waals surface area contributed by atoms with Crippen molar-refractivity contribution in [3.8, 4) is 11.8 Å². The quantitative estimate of drug-likeness (QED) is 0.227. The summed E-state index contributed by atoms with van der Waals surface area (Å²) in [6.45, 7) is 0.0442. The first-order valence-electron chi connectivity index (χ1n) is 9.59. The summed E-state index contributed by atoms with van der Waals surface area (Å²) in [5.41, 5.74) is 0.988. The van der Waals surface area contributed by atoms with Crippen LogP contribution in [0.1, 0.15) is 21.5 Å². The molecule has 3 aromatic carbocycles. The predicted octanol–water partition coefficient (Wildman–Crippen LogP) is 4.42. The number of amides is 1. The molecule has 2 N–H and O–H groups in total. The van der Waals surface area contributed by atoms with Gasteiger partial charge in [0, 0.05) is 23.4 Å². The molecule has 0 saturated carbocycles. The molecular formula is C24H17N3O6. The van der Waals surface area contributed by atoms with Crippen molar-refractivity contribution in [1.29, 1.82) is 5.26 Å². The number of nitro benzene ring substituents is 1. The smallest absolute Gasteiger partial charge is 0.335 e. The number of carboxylic acid groups (broad SMARTS) is 1. The monoisotopic (exact) mass is 443 g/mol. The molecule has 0 spiro atoms. The highest BCUT2D eigenvalue weighted by Crippen LogP contribution is 2.23. The zero-order valence-corrected chi connectivity index (χ0v) is 17.1. The van der Waals surface area contributed by atoms with Gasteiger partial charge in [-0.2, -0.15) is 5.26 Å². The lowest BCUT2D eigenvalue weighted by Crippen LogP contribution is -2.14. The maximum atomic E-state index is 12.6. The van der Waals surface area contributed by atoms with E-state index in [9.17, 15) is 25.0 Å². The number of nitrogens with one attached hydrogen (secondary N) is 1. The van der Waals surface area contributed by atoms with Crippen LogP contribution in [0.2, 0.25) is 0 Å². The molecule has 0 aliphatic rings. The minimum atomic E-state index is -1.14. The molecule has 0 aromatic heterocycles. The van der Waals surface area contributed by atoms with E-state index < -0.39 is 16.8 Å². The molecule has 0 fully saturated rings. The third-order valence-electron chi connectivity index (χ3n) is 4.47. The SMILES string of the molecule is N#C/C(=C/c1ccccc1OCc1cccc([N+](=O)[O-])c1)C(=O)Nc1cccc(C(=O)O)c1. The third-order valence-corrected chi connectivity index (χ3v) is 4.47. The predicted molar refractivity (Wildman–Crippen MR) is 119 cm³/mol. The van der Waals surface area contributed by atoms with Gasteiger partial charge in [-0.1, -0.05) is 36.4 Å². The molecule has 0 heterocycles. The van der Waals surface area contributed by atoms with Crippen LogP contribution < -0.4 is 10.1 Å². The largest absolute Gasteiger partial charge is 0.488 e. The van der Waals surface area contributed by atoms with Crippen molar-refractivity contribution < 1.29 is 24.4 Å². The highest BCUT2D eigenvalue weighted by molar-refractivity contribution is 6.10. The Hall–Kier alpha value is -4.97. The Kier molecular flexibility index (Phi) is 7.13. The fourth-order valence-corrected chi connectivity index (χ4v) is 2.88. The van der Waals surface area contributed by atoms with E-state index in [0.29, 0.717) is 16.9 Å². The second-order valence-corrected chi connectivity index (χ2v) is 6.76. The summed E-state index contributed by atoms with van der Waals surface area (Å²) in [5, 5.41) is 32.0. The van der Waals surface area contributed by atoms with Gasteiger partial charge in [-0.3, -0.25) is 14.9 Å². The second-order valence-electron chi connectivity index (χ2n) is 6.76. The standard InChI is InChI=1S/C24H17N3O6/c25-14-19(23(28)26-20-8-4-7-18(13-20)24(29)30)12-17-6-1-2-10-22(17)33-15-16-5-3-9-21(11-16)27(31)32/h1-13H,15H2,(H,26,28)(H,29,30)/b19-12-. The molecule has 9 heteroatoms. The number of carboxylic acids is 1. The molecule has 3 aromatic rings. The molecule has 3 rings (SSSR count). The summed E-state index contributed by atoms with van der Waals surface area (Å²) in [7, 11) is 0. The van der Waals surface area contributed by atoms with Crippen LogP contribution >= 0.6 is 0 Å². The fourth-order valence-electron chi connectivity index (χ4n) is 2.88. The van der Waals surface area contributed by atoms with Gasteiger partial charge in [-0.15, -0.1) is 0 Å². The highest BCUT2D eigenvalue weighted by atomic mass is 16.6. The summed E-state index contributed by atoms with van der Waals surface area (Å²) < 4.78 is 5.77. The van der Waals surface area contributed by atoms with E-state index in [1.165, 1.54) is 42.5 Å². The lowest BCUT2D eigenvalue weighted by molar-refractivity contribution is -0.384. The number of benzene rings is 3. The van der Waals surface area contributed by atoms with Crippen LogP contribution in [-0.4, -0.2) is 21.9 Å². The van der Waals surface area contributed by atoms with Crippen molar-refractivity contribution in [2.45, 2.75) is 6.61 Å². The zero-order chi connectivity index (χ0) is 23.8. The molecule has 0 aliphatic carbocycles. The number of hydrogen-bond donors (Lipinski definition) is 2. The molecule has 1 amide bonds. The number of hydrogen-bond acceptors (Lipinski definition) is 6. The van der Waals surface area contributed by atoms with Gasteiger partial charge in [0.05, 0.1) is 10.5 Å². The minimum absolute atomic E-state index is 0.00446. The number of nitrogens with zero attached hydrogens (tertiary/aromatic N) is 2. The fraction of sp³-hybridized carbons (Fsp3) is 0.0417. The summed E-state index contributed by atoms with van der Waals surface area (Å²) in [5.74, 6) is -1.48. The van der Waals surface area contributed by atoms with Crippen LogP contribution in [0, 0.1) is 21.4 Å². The van der Waals surface area contributed by atoms with Crippen molar-refractivity contribution >= 4 is 29.3 Å². The van der Waals surface area contributed by atoms with Gasteiger partial charge >= 0.3 is 5.97 Å². The molecule has 0 radical (unpaired) electrons.